The number of benzene rings is 2. The third kappa shape index (κ3) is 4.13. The van der Waals surface area contributed by atoms with Crippen molar-refractivity contribution < 1.29 is 19.1 Å². The third-order valence-electron chi connectivity index (χ3n) is 5.49. The van der Waals surface area contributed by atoms with Gasteiger partial charge in [-0.05, 0) is 41.8 Å². The Morgan fingerprint density at radius 1 is 1.03 bits per heavy atom. The zero-order valence-electron chi connectivity index (χ0n) is 17.2. The molecule has 9 heteroatoms. The fourth-order valence-corrected chi connectivity index (χ4v) is 3.96. The molecule has 0 aliphatic carbocycles. The van der Waals surface area contributed by atoms with Crippen LogP contribution in [0.1, 0.15) is 38.5 Å². The van der Waals surface area contributed by atoms with E-state index >= 15 is 0 Å². The number of hydrogen-bond donors (Lipinski definition) is 1. The summed E-state index contributed by atoms with van der Waals surface area (Å²) in [5.74, 6) is 0.886. The molecule has 0 unspecified atom stereocenters. The lowest BCUT2D eigenvalue weighted by molar-refractivity contribution is 0.0745. The topological polar surface area (TPSA) is 85.7 Å². The summed E-state index contributed by atoms with van der Waals surface area (Å²) in [7, 11) is 0. The summed E-state index contributed by atoms with van der Waals surface area (Å²) >= 11 is 5.96. The largest absolute Gasteiger partial charge is 0.454 e. The van der Waals surface area contributed by atoms with Gasteiger partial charge in [-0.15, -0.1) is 0 Å². The predicted molar refractivity (Wildman–Crippen MR) is 117 cm³/mol. The van der Waals surface area contributed by atoms with Crippen molar-refractivity contribution in [1.29, 1.82) is 0 Å². The number of ether oxygens (including phenoxy) is 2. The first kappa shape index (κ1) is 20.4. The van der Waals surface area contributed by atoms with Gasteiger partial charge in [-0.25, -0.2) is 0 Å². The van der Waals surface area contributed by atoms with Crippen LogP contribution in [-0.2, 0) is 19.6 Å². The van der Waals surface area contributed by atoms with Crippen LogP contribution in [0.3, 0.4) is 0 Å². The Bertz CT molecular complexity index is 1180. The minimum Gasteiger partial charge on any atom is -0.454 e. The lowest BCUT2D eigenvalue weighted by atomic mass is 10.2. The second-order valence-electron chi connectivity index (χ2n) is 7.71. The van der Waals surface area contributed by atoms with Gasteiger partial charge in [-0.1, -0.05) is 29.8 Å². The SMILES string of the molecule is O=C(NCc1ccc2c(c1)OCO2)c1cc2n(n1)CCCN(Cc1ccc(Cl)cc1)C2=O. The van der Waals surface area contributed by atoms with Gasteiger partial charge >= 0.3 is 0 Å². The molecule has 2 aliphatic rings. The maximum Gasteiger partial charge on any atom is 0.272 e. The molecule has 2 aromatic carbocycles. The van der Waals surface area contributed by atoms with Crippen LogP contribution in [-0.4, -0.2) is 39.8 Å². The third-order valence-corrected chi connectivity index (χ3v) is 5.75. The summed E-state index contributed by atoms with van der Waals surface area (Å²) in [6, 6.07) is 14.5. The predicted octanol–water partition coefficient (Wildman–Crippen LogP) is 3.24. The van der Waals surface area contributed by atoms with Crippen LogP contribution in [0.2, 0.25) is 5.02 Å². The molecule has 2 aliphatic heterocycles. The summed E-state index contributed by atoms with van der Waals surface area (Å²) in [5.41, 5.74) is 2.53. The number of fused-ring (bicyclic) bond motifs is 2. The monoisotopic (exact) mass is 452 g/mol. The second kappa shape index (κ2) is 8.55. The highest BCUT2D eigenvalue weighted by Gasteiger charge is 2.26. The van der Waals surface area contributed by atoms with Gasteiger partial charge in [0, 0.05) is 37.3 Å². The average molecular weight is 453 g/mol. The van der Waals surface area contributed by atoms with Crippen molar-refractivity contribution in [3.05, 3.63) is 76.1 Å². The molecule has 3 heterocycles. The fraction of sp³-hybridized carbons (Fsp3) is 0.261. The Balaban J connectivity index is 1.27. The maximum absolute atomic E-state index is 13.1. The average Bonchev–Trinajstić information content (AvgIpc) is 3.41. The molecular weight excluding hydrogens is 432 g/mol. The Hall–Kier alpha value is -3.52. The smallest absolute Gasteiger partial charge is 0.272 e. The van der Waals surface area contributed by atoms with Gasteiger partial charge in [0.1, 0.15) is 5.69 Å². The molecule has 164 valence electrons. The Labute approximate surface area is 189 Å². The highest BCUT2D eigenvalue weighted by atomic mass is 35.5. The van der Waals surface area contributed by atoms with Crippen molar-refractivity contribution in [1.82, 2.24) is 20.0 Å². The first-order valence-electron chi connectivity index (χ1n) is 10.3. The van der Waals surface area contributed by atoms with Crippen LogP contribution in [0.4, 0.5) is 0 Å². The summed E-state index contributed by atoms with van der Waals surface area (Å²) in [5, 5.41) is 7.89. The van der Waals surface area contributed by atoms with E-state index in [9.17, 15) is 9.59 Å². The summed E-state index contributed by atoms with van der Waals surface area (Å²) in [6.45, 7) is 2.19. The van der Waals surface area contributed by atoms with Crippen LogP contribution in [0.25, 0.3) is 0 Å². The van der Waals surface area contributed by atoms with Gasteiger partial charge < -0.3 is 19.7 Å². The van der Waals surface area contributed by atoms with Crippen molar-refractivity contribution in [2.45, 2.75) is 26.1 Å². The number of carbonyl (C=O) groups excluding carboxylic acids is 2. The van der Waals surface area contributed by atoms with Gasteiger partial charge in [0.2, 0.25) is 6.79 Å². The highest BCUT2D eigenvalue weighted by molar-refractivity contribution is 6.30. The van der Waals surface area contributed by atoms with Crippen molar-refractivity contribution >= 4 is 23.4 Å². The van der Waals surface area contributed by atoms with Crippen molar-refractivity contribution in [3.63, 3.8) is 0 Å². The molecule has 0 atom stereocenters. The first-order valence-corrected chi connectivity index (χ1v) is 10.7. The van der Waals surface area contributed by atoms with Crippen LogP contribution in [0.5, 0.6) is 11.5 Å². The minimum atomic E-state index is -0.333. The summed E-state index contributed by atoms with van der Waals surface area (Å²) < 4.78 is 12.3. The van der Waals surface area contributed by atoms with Crippen LogP contribution in [0, 0.1) is 0 Å². The maximum atomic E-state index is 13.1. The number of rotatable bonds is 5. The molecular formula is C23H21ClN4O4. The standard InChI is InChI=1S/C23H21ClN4O4/c24-17-5-2-15(3-6-17)13-27-8-1-9-28-19(23(27)30)11-18(26-28)22(29)25-12-16-4-7-20-21(10-16)32-14-31-20/h2-7,10-11H,1,8-9,12-14H2,(H,25,29). The Morgan fingerprint density at radius 3 is 2.66 bits per heavy atom. The number of carbonyl (C=O) groups is 2. The number of halogens is 1. The Kier molecular flexibility index (Phi) is 5.45. The van der Waals surface area contributed by atoms with E-state index in [0.29, 0.717) is 48.4 Å². The number of amides is 2. The molecule has 3 aromatic rings. The summed E-state index contributed by atoms with van der Waals surface area (Å²) in [4.78, 5) is 27.6. The molecule has 0 fully saturated rings. The normalized spacial score (nSPS) is 14.8. The molecule has 5 rings (SSSR count). The van der Waals surface area contributed by atoms with E-state index in [4.69, 9.17) is 21.1 Å². The first-order chi connectivity index (χ1) is 15.6. The van der Waals surface area contributed by atoms with E-state index in [0.717, 1.165) is 17.5 Å². The second-order valence-corrected chi connectivity index (χ2v) is 8.15. The van der Waals surface area contributed by atoms with E-state index in [2.05, 4.69) is 10.4 Å². The lowest BCUT2D eigenvalue weighted by Crippen LogP contribution is -2.30. The number of nitrogens with one attached hydrogen (secondary N) is 1. The lowest BCUT2D eigenvalue weighted by Gasteiger charge is -2.20. The van der Waals surface area contributed by atoms with E-state index in [-0.39, 0.29) is 24.3 Å². The van der Waals surface area contributed by atoms with Crippen molar-refractivity contribution in [2.24, 2.45) is 0 Å². The van der Waals surface area contributed by atoms with E-state index in [1.807, 2.05) is 42.5 Å². The van der Waals surface area contributed by atoms with E-state index in [1.54, 1.807) is 15.6 Å². The molecule has 0 bridgehead atoms. The highest BCUT2D eigenvalue weighted by Crippen LogP contribution is 2.32. The number of hydrogen-bond acceptors (Lipinski definition) is 5. The molecule has 0 saturated carbocycles. The Morgan fingerprint density at radius 2 is 1.81 bits per heavy atom. The quantitative estimate of drug-likeness (QED) is 0.642. The van der Waals surface area contributed by atoms with Crippen LogP contribution in [0.15, 0.2) is 48.5 Å². The van der Waals surface area contributed by atoms with Crippen molar-refractivity contribution in [3.8, 4) is 11.5 Å². The molecule has 0 radical (unpaired) electrons. The van der Waals surface area contributed by atoms with E-state index in [1.165, 1.54) is 0 Å². The number of aromatic nitrogens is 2. The van der Waals surface area contributed by atoms with E-state index < -0.39 is 0 Å². The van der Waals surface area contributed by atoms with Crippen molar-refractivity contribution in [2.75, 3.05) is 13.3 Å². The van der Waals surface area contributed by atoms with Gasteiger partial charge in [0.25, 0.3) is 11.8 Å². The van der Waals surface area contributed by atoms with Gasteiger partial charge in [0.05, 0.1) is 0 Å². The summed E-state index contributed by atoms with van der Waals surface area (Å²) in [6.07, 6.45) is 0.756. The molecule has 32 heavy (non-hydrogen) atoms. The van der Waals surface area contributed by atoms with Crippen LogP contribution < -0.4 is 14.8 Å². The zero-order valence-corrected chi connectivity index (χ0v) is 18.0. The van der Waals surface area contributed by atoms with Gasteiger partial charge in [-0.2, -0.15) is 5.10 Å². The minimum absolute atomic E-state index is 0.139. The molecule has 8 nitrogen and oxygen atoms in total. The van der Waals surface area contributed by atoms with Gasteiger partial charge in [-0.3, -0.25) is 14.3 Å². The van der Waals surface area contributed by atoms with Crippen LogP contribution >= 0.6 is 11.6 Å². The van der Waals surface area contributed by atoms with Gasteiger partial charge in [0.15, 0.2) is 17.2 Å². The molecule has 0 saturated heterocycles. The fourth-order valence-electron chi connectivity index (χ4n) is 3.83. The zero-order chi connectivity index (χ0) is 22.1. The molecule has 2 amide bonds. The molecule has 1 N–H and O–H groups in total. The number of aryl methyl sites for hydroxylation is 1. The molecule has 0 spiro atoms. The molecule has 1 aromatic heterocycles. The number of nitrogens with zero attached hydrogens (tertiary/aromatic N) is 3.